The van der Waals surface area contributed by atoms with Crippen molar-refractivity contribution in [3.05, 3.63) is 35.1 Å². The van der Waals surface area contributed by atoms with E-state index in [1.807, 2.05) is 6.07 Å². The maximum atomic E-state index is 13.4. The summed E-state index contributed by atoms with van der Waals surface area (Å²) < 4.78 is 13.4. The summed E-state index contributed by atoms with van der Waals surface area (Å²) in [6.45, 7) is 4.89. The third kappa shape index (κ3) is 2.96. The zero-order chi connectivity index (χ0) is 13.8. The number of halogens is 1. The predicted octanol–water partition coefficient (Wildman–Crippen LogP) is 3.96. The Bertz CT molecular complexity index is 478. The molecule has 0 aliphatic carbocycles. The van der Waals surface area contributed by atoms with Crippen molar-refractivity contribution in [1.29, 1.82) is 5.26 Å². The van der Waals surface area contributed by atoms with Crippen LogP contribution in [0, 0.1) is 24.1 Å². The predicted molar refractivity (Wildman–Crippen MR) is 74.1 cm³/mol. The summed E-state index contributed by atoms with van der Waals surface area (Å²) in [5, 5.41) is 9.52. The van der Waals surface area contributed by atoms with Gasteiger partial charge >= 0.3 is 0 Å². The molecule has 1 saturated heterocycles. The Balaban J connectivity index is 2.28. The molecule has 19 heavy (non-hydrogen) atoms. The number of hydrogen-bond acceptors (Lipinski definition) is 2. The van der Waals surface area contributed by atoms with Crippen LogP contribution < -0.4 is 0 Å². The molecule has 3 heteroatoms. The Labute approximate surface area is 114 Å². The summed E-state index contributed by atoms with van der Waals surface area (Å²) >= 11 is 0. The Hall–Kier alpha value is -1.40. The number of nitriles is 1. The molecule has 0 radical (unpaired) electrons. The van der Waals surface area contributed by atoms with Gasteiger partial charge in [0.05, 0.1) is 6.07 Å². The van der Waals surface area contributed by atoms with Crippen LogP contribution in [0.1, 0.15) is 49.8 Å². The molecule has 0 spiro atoms. The third-order valence-electron chi connectivity index (χ3n) is 4.10. The van der Waals surface area contributed by atoms with Crippen molar-refractivity contribution in [2.45, 2.75) is 51.6 Å². The van der Waals surface area contributed by atoms with Gasteiger partial charge in [0.15, 0.2) is 0 Å². The van der Waals surface area contributed by atoms with Gasteiger partial charge in [0, 0.05) is 12.6 Å². The van der Waals surface area contributed by atoms with Gasteiger partial charge in [0.1, 0.15) is 11.9 Å². The number of nitrogens with zero attached hydrogens (tertiary/aromatic N) is 2. The molecule has 0 amide bonds. The van der Waals surface area contributed by atoms with Crippen LogP contribution in [-0.2, 0) is 0 Å². The molecule has 2 rings (SSSR count). The van der Waals surface area contributed by atoms with E-state index in [0.717, 1.165) is 31.4 Å². The Kier molecular flexibility index (Phi) is 4.55. The van der Waals surface area contributed by atoms with Crippen LogP contribution in [0.2, 0.25) is 0 Å². The summed E-state index contributed by atoms with van der Waals surface area (Å²) in [7, 11) is 0. The number of aryl methyl sites for hydroxylation is 1. The van der Waals surface area contributed by atoms with Gasteiger partial charge in [-0.2, -0.15) is 5.26 Å². The van der Waals surface area contributed by atoms with Crippen molar-refractivity contribution in [3.63, 3.8) is 0 Å². The van der Waals surface area contributed by atoms with Crippen LogP contribution >= 0.6 is 0 Å². The molecule has 2 atom stereocenters. The van der Waals surface area contributed by atoms with Gasteiger partial charge in [-0.3, -0.25) is 4.90 Å². The van der Waals surface area contributed by atoms with Gasteiger partial charge in [0.25, 0.3) is 0 Å². The highest BCUT2D eigenvalue weighted by Gasteiger charge is 2.28. The normalized spacial score (nSPS) is 21.9. The van der Waals surface area contributed by atoms with Gasteiger partial charge in [-0.25, -0.2) is 4.39 Å². The fraction of sp³-hybridized carbons (Fsp3) is 0.562. The maximum Gasteiger partial charge on any atom is 0.126 e. The first-order valence-electron chi connectivity index (χ1n) is 7.08. The van der Waals surface area contributed by atoms with Crippen LogP contribution in [0.25, 0.3) is 0 Å². The second-order valence-corrected chi connectivity index (χ2v) is 5.34. The minimum atomic E-state index is -0.246. The minimum Gasteiger partial charge on any atom is -0.281 e. The van der Waals surface area contributed by atoms with Crippen LogP contribution in [0.15, 0.2) is 18.2 Å². The highest BCUT2D eigenvalue weighted by Crippen LogP contribution is 2.30. The molecular formula is C16H21FN2. The lowest BCUT2D eigenvalue weighted by Crippen LogP contribution is -2.41. The molecule has 0 saturated carbocycles. The zero-order valence-corrected chi connectivity index (χ0v) is 11.7. The molecule has 2 unspecified atom stereocenters. The first-order chi connectivity index (χ1) is 9.17. The number of piperidine rings is 1. The first kappa shape index (κ1) is 14.0. The van der Waals surface area contributed by atoms with Gasteiger partial charge in [-0.1, -0.05) is 25.5 Å². The van der Waals surface area contributed by atoms with E-state index in [2.05, 4.69) is 17.9 Å². The van der Waals surface area contributed by atoms with E-state index in [1.54, 1.807) is 13.0 Å². The van der Waals surface area contributed by atoms with E-state index in [-0.39, 0.29) is 11.9 Å². The van der Waals surface area contributed by atoms with Gasteiger partial charge in [-0.15, -0.1) is 0 Å². The lowest BCUT2D eigenvalue weighted by Gasteiger charge is -2.38. The van der Waals surface area contributed by atoms with Crippen LogP contribution in [0.3, 0.4) is 0 Å². The topological polar surface area (TPSA) is 27.0 Å². The van der Waals surface area contributed by atoms with Gasteiger partial charge in [0.2, 0.25) is 0 Å². The fourth-order valence-corrected chi connectivity index (χ4v) is 2.98. The summed E-state index contributed by atoms with van der Waals surface area (Å²) in [5.41, 5.74) is 1.53. The van der Waals surface area contributed by atoms with Crippen molar-refractivity contribution in [1.82, 2.24) is 4.90 Å². The highest BCUT2D eigenvalue weighted by molar-refractivity contribution is 5.30. The summed E-state index contributed by atoms with van der Waals surface area (Å²) in [6.07, 6.45) is 4.62. The van der Waals surface area contributed by atoms with E-state index in [1.165, 1.54) is 12.5 Å². The Morgan fingerprint density at radius 3 is 2.89 bits per heavy atom. The molecule has 0 aromatic heterocycles. The number of rotatable bonds is 3. The van der Waals surface area contributed by atoms with Crippen molar-refractivity contribution in [2.75, 3.05) is 6.54 Å². The Morgan fingerprint density at radius 2 is 2.26 bits per heavy atom. The van der Waals surface area contributed by atoms with E-state index in [0.29, 0.717) is 11.6 Å². The number of hydrogen-bond donors (Lipinski definition) is 0. The second-order valence-electron chi connectivity index (χ2n) is 5.34. The molecule has 1 aliphatic rings. The monoisotopic (exact) mass is 260 g/mol. The molecule has 0 N–H and O–H groups in total. The Morgan fingerprint density at radius 1 is 1.47 bits per heavy atom. The van der Waals surface area contributed by atoms with E-state index in [4.69, 9.17) is 0 Å². The molecule has 1 aromatic carbocycles. The molecule has 2 nitrogen and oxygen atoms in total. The molecule has 1 fully saturated rings. The van der Waals surface area contributed by atoms with Crippen LogP contribution in [0.4, 0.5) is 4.39 Å². The quantitative estimate of drug-likeness (QED) is 0.822. The van der Waals surface area contributed by atoms with Crippen molar-refractivity contribution in [2.24, 2.45) is 0 Å². The lowest BCUT2D eigenvalue weighted by atomic mass is 9.95. The highest BCUT2D eigenvalue weighted by atomic mass is 19.1. The van der Waals surface area contributed by atoms with E-state index in [9.17, 15) is 9.65 Å². The van der Waals surface area contributed by atoms with E-state index >= 15 is 0 Å². The van der Waals surface area contributed by atoms with Crippen LogP contribution in [0.5, 0.6) is 0 Å². The van der Waals surface area contributed by atoms with E-state index < -0.39 is 0 Å². The number of likely N-dealkylation sites (tertiary alicyclic amines) is 1. The van der Waals surface area contributed by atoms with Crippen molar-refractivity contribution < 1.29 is 4.39 Å². The SMILES string of the molecule is CCC1CCCCN1C(C#N)c1ccc(F)c(C)c1. The summed E-state index contributed by atoms with van der Waals surface area (Å²) in [4.78, 5) is 2.29. The molecule has 102 valence electrons. The largest absolute Gasteiger partial charge is 0.281 e. The molecule has 1 aliphatic heterocycles. The second kappa shape index (κ2) is 6.16. The fourth-order valence-electron chi connectivity index (χ4n) is 2.98. The van der Waals surface area contributed by atoms with Crippen molar-refractivity contribution >= 4 is 0 Å². The standard InChI is InChI=1S/C16H21FN2/c1-3-14-6-4-5-9-19(14)16(11-18)13-7-8-15(17)12(2)10-13/h7-8,10,14,16H,3-6,9H2,1-2H3. The third-order valence-corrected chi connectivity index (χ3v) is 4.10. The average Bonchev–Trinajstić information content (AvgIpc) is 2.44. The molecule has 0 bridgehead atoms. The van der Waals surface area contributed by atoms with Gasteiger partial charge < -0.3 is 0 Å². The van der Waals surface area contributed by atoms with Crippen molar-refractivity contribution in [3.8, 4) is 6.07 Å². The number of benzene rings is 1. The zero-order valence-electron chi connectivity index (χ0n) is 11.7. The smallest absolute Gasteiger partial charge is 0.126 e. The first-order valence-corrected chi connectivity index (χ1v) is 7.08. The minimum absolute atomic E-state index is 0.203. The van der Waals surface area contributed by atoms with Crippen LogP contribution in [-0.4, -0.2) is 17.5 Å². The summed E-state index contributed by atoms with van der Waals surface area (Å²) in [5.74, 6) is -0.203. The maximum absolute atomic E-state index is 13.4. The lowest BCUT2D eigenvalue weighted by molar-refractivity contribution is 0.117. The average molecular weight is 260 g/mol. The molecule has 1 heterocycles. The van der Waals surface area contributed by atoms with Gasteiger partial charge in [-0.05, 0) is 43.4 Å². The molecular weight excluding hydrogens is 239 g/mol. The molecule has 1 aromatic rings. The summed E-state index contributed by atoms with van der Waals surface area (Å²) in [6, 6.07) is 7.66.